The summed E-state index contributed by atoms with van der Waals surface area (Å²) < 4.78 is 0. The first kappa shape index (κ1) is 17.3. The largest absolute Gasteiger partial charge is 0.384 e. The Morgan fingerprint density at radius 2 is 1.96 bits per heavy atom. The van der Waals surface area contributed by atoms with Crippen LogP contribution < -0.4 is 5.73 Å². The molecule has 1 fully saturated rings. The molecule has 126 valence electrons. The Labute approximate surface area is 138 Å². The molecule has 0 bridgehead atoms. The number of benzene rings is 1. The molecule has 1 amide bonds. The van der Waals surface area contributed by atoms with E-state index in [9.17, 15) is 4.79 Å². The molecular formula is C18H27N3O2. The van der Waals surface area contributed by atoms with Crippen LogP contribution in [0, 0.1) is 0 Å². The van der Waals surface area contributed by atoms with Gasteiger partial charge in [0, 0.05) is 19.5 Å². The molecule has 0 saturated heterocycles. The van der Waals surface area contributed by atoms with Crippen molar-refractivity contribution in [3.63, 3.8) is 0 Å². The topological polar surface area (TPSA) is 67.9 Å². The number of likely N-dealkylation sites (N-methyl/N-ethyl adjacent to an activating group) is 1. The first-order valence-corrected chi connectivity index (χ1v) is 8.36. The van der Waals surface area contributed by atoms with Gasteiger partial charge in [-0.05, 0) is 25.3 Å². The second kappa shape index (κ2) is 8.56. The maximum atomic E-state index is 12.4. The average molecular weight is 317 g/mol. The van der Waals surface area contributed by atoms with Gasteiger partial charge in [-0.2, -0.15) is 0 Å². The highest BCUT2D eigenvalue weighted by Gasteiger charge is 2.26. The van der Waals surface area contributed by atoms with Gasteiger partial charge in [0.1, 0.15) is 5.84 Å². The van der Waals surface area contributed by atoms with E-state index in [4.69, 9.17) is 10.6 Å². The van der Waals surface area contributed by atoms with E-state index in [0.29, 0.717) is 18.3 Å². The number of carbonyl (C=O) groups excluding carboxylic acids is 1. The van der Waals surface area contributed by atoms with Gasteiger partial charge in [0.15, 0.2) is 0 Å². The fraction of sp³-hybridized carbons (Fsp3) is 0.556. The van der Waals surface area contributed by atoms with Gasteiger partial charge in [-0.3, -0.25) is 4.79 Å². The Bertz CT molecular complexity index is 524. The highest BCUT2D eigenvalue weighted by Crippen LogP contribution is 2.22. The predicted octanol–water partition coefficient (Wildman–Crippen LogP) is 2.70. The molecule has 1 aliphatic carbocycles. The maximum Gasteiger partial charge on any atom is 0.266 e. The van der Waals surface area contributed by atoms with E-state index in [-0.39, 0.29) is 5.91 Å². The van der Waals surface area contributed by atoms with Crippen LogP contribution in [0.2, 0.25) is 0 Å². The van der Waals surface area contributed by atoms with Crippen molar-refractivity contribution in [2.24, 2.45) is 10.9 Å². The zero-order valence-electron chi connectivity index (χ0n) is 14.1. The van der Waals surface area contributed by atoms with Crippen molar-refractivity contribution in [1.29, 1.82) is 0 Å². The molecule has 0 radical (unpaired) electrons. The number of oxime groups is 1. The monoisotopic (exact) mass is 317 g/mol. The minimum atomic E-state index is -0.615. The van der Waals surface area contributed by atoms with Crippen LogP contribution in [-0.4, -0.2) is 35.8 Å². The number of hydrogen-bond donors (Lipinski definition) is 1. The summed E-state index contributed by atoms with van der Waals surface area (Å²) in [6.07, 6.45) is 5.71. The van der Waals surface area contributed by atoms with Gasteiger partial charge in [-0.25, -0.2) is 0 Å². The minimum absolute atomic E-state index is 0.0341. The Balaban J connectivity index is 1.83. The molecule has 0 heterocycles. The summed E-state index contributed by atoms with van der Waals surface area (Å²) in [6.45, 7) is 1.72. The van der Waals surface area contributed by atoms with Crippen LogP contribution in [0.15, 0.2) is 35.5 Å². The minimum Gasteiger partial charge on any atom is -0.384 e. The first-order chi connectivity index (χ1) is 11.1. The van der Waals surface area contributed by atoms with Gasteiger partial charge in [-0.15, -0.1) is 0 Å². The van der Waals surface area contributed by atoms with Crippen LogP contribution in [0.5, 0.6) is 0 Å². The van der Waals surface area contributed by atoms with Gasteiger partial charge >= 0.3 is 0 Å². The SMILES string of the molecule is CC(O/N=C(/N)Cc1ccccc1)C(=O)N(C)C1CCCCC1. The van der Waals surface area contributed by atoms with Crippen LogP contribution in [0.25, 0.3) is 0 Å². The van der Waals surface area contributed by atoms with Crippen LogP contribution in [-0.2, 0) is 16.1 Å². The molecule has 1 atom stereocenters. The van der Waals surface area contributed by atoms with E-state index in [0.717, 1.165) is 18.4 Å². The molecule has 2 rings (SSSR count). The van der Waals surface area contributed by atoms with Crippen LogP contribution >= 0.6 is 0 Å². The van der Waals surface area contributed by atoms with Crippen molar-refractivity contribution in [1.82, 2.24) is 4.90 Å². The van der Waals surface area contributed by atoms with Crippen molar-refractivity contribution in [2.45, 2.75) is 57.6 Å². The van der Waals surface area contributed by atoms with Gasteiger partial charge < -0.3 is 15.5 Å². The number of nitrogens with two attached hydrogens (primary N) is 1. The second-order valence-corrected chi connectivity index (χ2v) is 6.23. The number of carbonyl (C=O) groups is 1. The quantitative estimate of drug-likeness (QED) is 0.498. The molecule has 0 spiro atoms. The first-order valence-electron chi connectivity index (χ1n) is 8.36. The van der Waals surface area contributed by atoms with Crippen molar-refractivity contribution >= 4 is 11.7 Å². The third kappa shape index (κ3) is 5.27. The number of rotatable bonds is 6. The molecule has 1 aromatic rings. The summed E-state index contributed by atoms with van der Waals surface area (Å²) in [5.41, 5.74) is 6.94. The zero-order chi connectivity index (χ0) is 16.7. The molecule has 1 saturated carbocycles. The van der Waals surface area contributed by atoms with Gasteiger partial charge in [0.25, 0.3) is 5.91 Å². The van der Waals surface area contributed by atoms with Crippen LogP contribution in [0.3, 0.4) is 0 Å². The zero-order valence-corrected chi connectivity index (χ0v) is 14.1. The third-order valence-corrected chi connectivity index (χ3v) is 4.37. The Hall–Kier alpha value is -2.04. The molecule has 5 heteroatoms. The Morgan fingerprint density at radius 3 is 2.61 bits per heavy atom. The van der Waals surface area contributed by atoms with E-state index < -0.39 is 6.10 Å². The summed E-state index contributed by atoms with van der Waals surface area (Å²) >= 11 is 0. The highest BCUT2D eigenvalue weighted by atomic mass is 16.6. The Kier molecular flexibility index (Phi) is 6.44. The van der Waals surface area contributed by atoms with Gasteiger partial charge in [0.2, 0.25) is 6.10 Å². The van der Waals surface area contributed by atoms with Gasteiger partial charge in [0.05, 0.1) is 0 Å². The second-order valence-electron chi connectivity index (χ2n) is 6.23. The molecule has 5 nitrogen and oxygen atoms in total. The van der Waals surface area contributed by atoms with Crippen molar-refractivity contribution in [3.8, 4) is 0 Å². The molecule has 1 aromatic carbocycles. The van der Waals surface area contributed by atoms with Crippen LogP contribution in [0.1, 0.15) is 44.6 Å². The maximum absolute atomic E-state index is 12.4. The molecule has 0 aromatic heterocycles. The summed E-state index contributed by atoms with van der Waals surface area (Å²) in [5.74, 6) is 0.337. The standard InChI is InChI=1S/C18H27N3O2/c1-14(18(22)21(2)16-11-7-4-8-12-16)23-20-17(19)13-15-9-5-3-6-10-15/h3,5-6,9-10,14,16H,4,7-8,11-13H2,1-2H3,(H2,19,20). The van der Waals surface area contributed by atoms with Crippen molar-refractivity contribution < 1.29 is 9.63 Å². The van der Waals surface area contributed by atoms with Crippen molar-refractivity contribution in [3.05, 3.63) is 35.9 Å². The summed E-state index contributed by atoms with van der Waals surface area (Å²) in [6, 6.07) is 10.1. The molecule has 23 heavy (non-hydrogen) atoms. The van der Waals surface area contributed by atoms with E-state index in [2.05, 4.69) is 5.16 Å². The lowest BCUT2D eigenvalue weighted by Crippen LogP contribution is -2.43. The lowest BCUT2D eigenvalue weighted by Gasteiger charge is -2.32. The lowest BCUT2D eigenvalue weighted by atomic mass is 9.94. The smallest absolute Gasteiger partial charge is 0.266 e. The fourth-order valence-electron chi connectivity index (χ4n) is 2.96. The lowest BCUT2D eigenvalue weighted by molar-refractivity contribution is -0.144. The summed E-state index contributed by atoms with van der Waals surface area (Å²) in [5, 5.41) is 3.91. The number of amidine groups is 1. The van der Waals surface area contributed by atoms with E-state index >= 15 is 0 Å². The number of amides is 1. The predicted molar refractivity (Wildman–Crippen MR) is 92.0 cm³/mol. The normalized spacial score (nSPS) is 17.6. The molecular weight excluding hydrogens is 290 g/mol. The van der Waals surface area contributed by atoms with Gasteiger partial charge in [-0.1, -0.05) is 54.8 Å². The van der Waals surface area contributed by atoms with E-state index in [1.807, 2.05) is 42.3 Å². The summed E-state index contributed by atoms with van der Waals surface area (Å²) in [7, 11) is 1.86. The molecule has 1 unspecified atom stereocenters. The van der Waals surface area contributed by atoms with Crippen molar-refractivity contribution in [2.75, 3.05) is 7.05 Å². The van der Waals surface area contributed by atoms with E-state index in [1.165, 1.54) is 19.3 Å². The Morgan fingerprint density at radius 1 is 1.30 bits per heavy atom. The molecule has 2 N–H and O–H groups in total. The average Bonchev–Trinajstić information content (AvgIpc) is 2.60. The molecule has 0 aliphatic heterocycles. The number of hydrogen-bond acceptors (Lipinski definition) is 3. The fourth-order valence-corrected chi connectivity index (χ4v) is 2.96. The van der Waals surface area contributed by atoms with E-state index in [1.54, 1.807) is 6.92 Å². The third-order valence-electron chi connectivity index (χ3n) is 4.37. The number of nitrogens with zero attached hydrogens (tertiary/aromatic N) is 2. The van der Waals surface area contributed by atoms with Crippen LogP contribution in [0.4, 0.5) is 0 Å². The highest BCUT2D eigenvalue weighted by molar-refractivity contribution is 5.83. The summed E-state index contributed by atoms with van der Waals surface area (Å²) in [4.78, 5) is 19.5. The molecule has 1 aliphatic rings.